The number of amides is 1. The van der Waals surface area contributed by atoms with Crippen molar-refractivity contribution >= 4 is 29.8 Å². The van der Waals surface area contributed by atoms with Gasteiger partial charge in [-0.1, -0.05) is 19.1 Å². The van der Waals surface area contributed by atoms with Crippen LogP contribution < -0.4 is 11.1 Å². The second-order valence-electron chi connectivity index (χ2n) is 6.15. The molecule has 9 heteroatoms. The zero-order valence-electron chi connectivity index (χ0n) is 14.8. The van der Waals surface area contributed by atoms with Crippen LogP contribution in [0.4, 0.5) is 23.2 Å². The van der Waals surface area contributed by atoms with Gasteiger partial charge in [-0.15, -0.1) is 12.4 Å². The normalized spacial score (nSPS) is 12.1. The Morgan fingerprint density at radius 1 is 1.14 bits per heavy atom. The fourth-order valence-electron chi connectivity index (χ4n) is 2.55. The highest BCUT2D eigenvalue weighted by atomic mass is 35.5. The summed E-state index contributed by atoms with van der Waals surface area (Å²) in [6.07, 6.45) is -4.84. The highest BCUT2D eigenvalue weighted by Crippen LogP contribution is 2.32. The molecule has 0 aliphatic heterocycles. The average Bonchev–Trinajstić information content (AvgIpc) is 2.59. The smallest absolute Gasteiger partial charge is 0.326 e. The van der Waals surface area contributed by atoms with Crippen molar-refractivity contribution in [2.45, 2.75) is 26.1 Å². The van der Waals surface area contributed by atoms with Gasteiger partial charge >= 0.3 is 6.18 Å². The van der Waals surface area contributed by atoms with Crippen molar-refractivity contribution < 1.29 is 27.2 Å². The Morgan fingerprint density at radius 2 is 1.82 bits per heavy atom. The van der Waals surface area contributed by atoms with Gasteiger partial charge in [-0.2, -0.15) is 13.2 Å². The first-order chi connectivity index (χ1) is 12.6. The second kappa shape index (κ2) is 9.66. The van der Waals surface area contributed by atoms with E-state index < -0.39 is 35.2 Å². The van der Waals surface area contributed by atoms with Crippen LogP contribution in [0.25, 0.3) is 0 Å². The molecule has 4 nitrogen and oxygen atoms in total. The highest BCUT2D eigenvalue weighted by Gasteiger charge is 2.31. The van der Waals surface area contributed by atoms with Gasteiger partial charge in [0.25, 0.3) is 0 Å². The molecule has 152 valence electrons. The number of Topliss-reactive ketones (excluding diaryl/α,β-unsaturated/α-hetero) is 1. The largest absolute Gasteiger partial charge is 0.416 e. The molecule has 0 saturated heterocycles. The van der Waals surface area contributed by atoms with Crippen molar-refractivity contribution in [3.63, 3.8) is 0 Å². The van der Waals surface area contributed by atoms with Gasteiger partial charge in [0.2, 0.25) is 5.91 Å². The SMILES string of the molecule is CC(CC(=O)Nc1cc(CN)cc(C(F)(F)F)c1)C(=O)c1cccc(F)c1.Cl. The average molecular weight is 419 g/mol. The van der Waals surface area contributed by atoms with E-state index in [0.717, 1.165) is 18.2 Å². The number of nitrogens with one attached hydrogen (secondary N) is 1. The minimum atomic E-state index is -4.58. The van der Waals surface area contributed by atoms with Gasteiger partial charge in [0, 0.05) is 30.1 Å². The maximum absolute atomic E-state index is 13.2. The van der Waals surface area contributed by atoms with Gasteiger partial charge in [-0.05, 0) is 35.9 Å². The molecule has 0 radical (unpaired) electrons. The molecule has 0 saturated carbocycles. The molecule has 0 fully saturated rings. The van der Waals surface area contributed by atoms with Crippen molar-refractivity contribution in [2.24, 2.45) is 11.7 Å². The highest BCUT2D eigenvalue weighted by molar-refractivity contribution is 6.01. The molecule has 2 aromatic carbocycles. The van der Waals surface area contributed by atoms with Crippen LogP contribution in [0.3, 0.4) is 0 Å². The van der Waals surface area contributed by atoms with Crippen LogP contribution in [0.1, 0.15) is 34.8 Å². The Bertz CT molecular complexity index is 856. The van der Waals surface area contributed by atoms with Gasteiger partial charge in [-0.25, -0.2) is 4.39 Å². The lowest BCUT2D eigenvalue weighted by molar-refractivity contribution is -0.137. The van der Waals surface area contributed by atoms with E-state index in [-0.39, 0.29) is 42.2 Å². The summed E-state index contributed by atoms with van der Waals surface area (Å²) in [5.41, 5.74) is 4.76. The second-order valence-corrected chi connectivity index (χ2v) is 6.15. The van der Waals surface area contributed by atoms with Crippen molar-refractivity contribution in [3.05, 3.63) is 65.0 Å². The molecule has 1 atom stereocenters. The first kappa shape index (κ1) is 23.6. The first-order valence-electron chi connectivity index (χ1n) is 8.11. The lowest BCUT2D eigenvalue weighted by Gasteiger charge is -2.14. The predicted octanol–water partition coefficient (Wildman–Crippen LogP) is 4.57. The van der Waals surface area contributed by atoms with Crippen LogP contribution >= 0.6 is 12.4 Å². The van der Waals surface area contributed by atoms with E-state index in [1.807, 2.05) is 0 Å². The number of halogens is 5. The van der Waals surface area contributed by atoms with Crippen LogP contribution in [0.2, 0.25) is 0 Å². The van der Waals surface area contributed by atoms with E-state index in [1.165, 1.54) is 31.2 Å². The van der Waals surface area contributed by atoms with Crippen LogP contribution in [-0.4, -0.2) is 11.7 Å². The summed E-state index contributed by atoms with van der Waals surface area (Å²) >= 11 is 0. The standard InChI is InChI=1S/C19H18F4N2O2.ClH/c1-11(18(27)13-3-2-4-15(20)8-13)5-17(26)25-16-7-12(10-24)6-14(9-16)19(21,22)23;/h2-4,6-9,11H,5,10,24H2,1H3,(H,25,26);1H. The summed E-state index contributed by atoms with van der Waals surface area (Å²) in [7, 11) is 0. The molecule has 2 rings (SSSR count). The van der Waals surface area contributed by atoms with Crippen molar-refractivity contribution in [3.8, 4) is 0 Å². The van der Waals surface area contributed by atoms with Crippen LogP contribution in [0.5, 0.6) is 0 Å². The van der Waals surface area contributed by atoms with Crippen LogP contribution in [0.15, 0.2) is 42.5 Å². The molecule has 0 bridgehead atoms. The van der Waals surface area contributed by atoms with Crippen molar-refractivity contribution in [1.82, 2.24) is 0 Å². The maximum atomic E-state index is 13.2. The molecule has 2 aromatic rings. The summed E-state index contributed by atoms with van der Waals surface area (Å²) in [6, 6.07) is 8.12. The molecule has 28 heavy (non-hydrogen) atoms. The minimum absolute atomic E-state index is 0. The molecule has 0 heterocycles. The van der Waals surface area contributed by atoms with Crippen LogP contribution in [-0.2, 0) is 17.5 Å². The zero-order chi connectivity index (χ0) is 20.2. The van der Waals surface area contributed by atoms with E-state index in [0.29, 0.717) is 0 Å². The van der Waals surface area contributed by atoms with Gasteiger partial charge in [0.05, 0.1) is 5.56 Å². The lowest BCUT2D eigenvalue weighted by atomic mass is 9.96. The van der Waals surface area contributed by atoms with E-state index in [4.69, 9.17) is 5.73 Å². The molecule has 0 aromatic heterocycles. The lowest BCUT2D eigenvalue weighted by Crippen LogP contribution is -2.21. The number of nitrogens with two attached hydrogens (primary N) is 1. The molecular weight excluding hydrogens is 400 g/mol. The van der Waals surface area contributed by atoms with Gasteiger partial charge in [0.1, 0.15) is 5.82 Å². The number of benzene rings is 2. The Labute approximate surface area is 165 Å². The van der Waals surface area contributed by atoms with E-state index in [2.05, 4.69) is 5.32 Å². The van der Waals surface area contributed by atoms with E-state index in [9.17, 15) is 27.2 Å². The van der Waals surface area contributed by atoms with E-state index in [1.54, 1.807) is 0 Å². The quantitative estimate of drug-likeness (QED) is 0.533. The number of carbonyl (C=O) groups excluding carboxylic acids is 2. The molecule has 1 unspecified atom stereocenters. The van der Waals surface area contributed by atoms with Crippen molar-refractivity contribution in [1.29, 1.82) is 0 Å². The molecule has 0 spiro atoms. The topological polar surface area (TPSA) is 72.2 Å². The minimum Gasteiger partial charge on any atom is -0.326 e. The van der Waals surface area contributed by atoms with Crippen molar-refractivity contribution in [2.75, 3.05) is 5.32 Å². The fourth-order valence-corrected chi connectivity index (χ4v) is 2.55. The number of anilines is 1. The molecular formula is C19H19ClF4N2O2. The third-order valence-electron chi connectivity index (χ3n) is 3.89. The number of hydrogen-bond donors (Lipinski definition) is 2. The molecule has 0 aliphatic carbocycles. The summed E-state index contributed by atoms with van der Waals surface area (Å²) < 4.78 is 52.0. The summed E-state index contributed by atoms with van der Waals surface area (Å²) in [6.45, 7) is 1.37. The Hall–Kier alpha value is -2.45. The zero-order valence-corrected chi connectivity index (χ0v) is 15.7. The molecule has 3 N–H and O–H groups in total. The van der Waals surface area contributed by atoms with Gasteiger partial charge in [-0.3, -0.25) is 9.59 Å². The monoisotopic (exact) mass is 418 g/mol. The Kier molecular flexibility index (Phi) is 8.14. The summed E-state index contributed by atoms with van der Waals surface area (Å²) in [4.78, 5) is 24.4. The fraction of sp³-hybridized carbons (Fsp3) is 0.263. The van der Waals surface area contributed by atoms with E-state index >= 15 is 0 Å². The molecule has 0 aliphatic rings. The Morgan fingerprint density at radius 3 is 2.39 bits per heavy atom. The number of rotatable bonds is 6. The van der Waals surface area contributed by atoms with Gasteiger partial charge < -0.3 is 11.1 Å². The van der Waals surface area contributed by atoms with Crippen LogP contribution in [0, 0.1) is 11.7 Å². The number of hydrogen-bond acceptors (Lipinski definition) is 3. The third kappa shape index (κ3) is 6.31. The maximum Gasteiger partial charge on any atom is 0.416 e. The number of ketones is 1. The predicted molar refractivity (Wildman–Crippen MR) is 99.7 cm³/mol. The number of alkyl halides is 3. The third-order valence-corrected chi connectivity index (χ3v) is 3.89. The Balaban J connectivity index is 0.00000392. The summed E-state index contributed by atoms with van der Waals surface area (Å²) in [5, 5.41) is 2.36. The number of carbonyl (C=O) groups is 2. The summed E-state index contributed by atoms with van der Waals surface area (Å²) in [5.74, 6) is -2.41. The van der Waals surface area contributed by atoms with Gasteiger partial charge in [0.15, 0.2) is 5.78 Å². The molecule has 1 amide bonds. The first-order valence-corrected chi connectivity index (χ1v) is 8.11.